The number of methoxy groups -OCH3 is 2. The van der Waals surface area contributed by atoms with E-state index in [1.807, 2.05) is 13.8 Å². The van der Waals surface area contributed by atoms with Gasteiger partial charge in [-0.05, 0) is 50.2 Å². The Hall–Kier alpha value is -3.15. The van der Waals surface area contributed by atoms with E-state index in [0.29, 0.717) is 17.2 Å². The number of rotatable bonds is 8. The number of carbonyl (C=O) groups excluding carboxylic acids is 2. The molecule has 11 heteroatoms. The second-order valence-corrected chi connectivity index (χ2v) is 9.73. The summed E-state index contributed by atoms with van der Waals surface area (Å²) in [5, 5.41) is 2.60. The van der Waals surface area contributed by atoms with Crippen LogP contribution in [-0.2, 0) is 24.3 Å². The summed E-state index contributed by atoms with van der Waals surface area (Å²) in [6, 6.07) is 10.3. The van der Waals surface area contributed by atoms with Crippen LogP contribution >= 0.6 is 0 Å². The third-order valence-electron chi connectivity index (χ3n) is 5.13. The van der Waals surface area contributed by atoms with Gasteiger partial charge in [-0.25, -0.2) is 13.2 Å². The van der Waals surface area contributed by atoms with Gasteiger partial charge in [0.1, 0.15) is 11.5 Å². The first-order chi connectivity index (χ1) is 16.1. The van der Waals surface area contributed by atoms with Crippen LogP contribution < -0.4 is 14.8 Å². The molecule has 0 aromatic heterocycles. The van der Waals surface area contributed by atoms with Crippen molar-refractivity contribution >= 4 is 27.6 Å². The molecule has 0 aliphatic carbocycles. The smallest absolute Gasteiger partial charge is 0.338 e. The second kappa shape index (κ2) is 10.9. The highest BCUT2D eigenvalue weighted by Gasteiger charge is 2.32. The summed E-state index contributed by atoms with van der Waals surface area (Å²) in [7, 11) is -0.774. The van der Waals surface area contributed by atoms with E-state index in [1.165, 1.54) is 42.8 Å². The molecule has 34 heavy (non-hydrogen) atoms. The summed E-state index contributed by atoms with van der Waals surface area (Å²) in [6.45, 7) is 3.60. The molecule has 2 aromatic carbocycles. The number of nitrogens with zero attached hydrogens (tertiary/aromatic N) is 1. The molecular weight excluding hydrogens is 464 g/mol. The van der Waals surface area contributed by atoms with Crippen molar-refractivity contribution in [3.05, 3.63) is 48.0 Å². The number of anilines is 1. The first-order valence-electron chi connectivity index (χ1n) is 10.6. The maximum Gasteiger partial charge on any atom is 0.338 e. The van der Waals surface area contributed by atoms with E-state index in [9.17, 15) is 18.0 Å². The van der Waals surface area contributed by atoms with Crippen LogP contribution in [0.2, 0.25) is 0 Å². The van der Waals surface area contributed by atoms with Gasteiger partial charge >= 0.3 is 5.97 Å². The Kier molecular flexibility index (Phi) is 8.13. The Balaban J connectivity index is 1.60. The molecular formula is C23H28N2O8S. The Labute approximate surface area is 198 Å². The first-order valence-corrected chi connectivity index (χ1v) is 12.0. The van der Waals surface area contributed by atoms with Crippen LogP contribution in [0.1, 0.15) is 24.2 Å². The van der Waals surface area contributed by atoms with Gasteiger partial charge in [-0.2, -0.15) is 4.31 Å². The Morgan fingerprint density at radius 2 is 1.68 bits per heavy atom. The lowest BCUT2D eigenvalue weighted by molar-refractivity contribution is -0.119. The molecule has 1 heterocycles. The molecule has 1 aliphatic heterocycles. The molecule has 1 N–H and O–H groups in total. The predicted octanol–water partition coefficient (Wildman–Crippen LogP) is 2.30. The van der Waals surface area contributed by atoms with Crippen LogP contribution in [0.5, 0.6) is 11.5 Å². The fourth-order valence-corrected chi connectivity index (χ4v) is 5.14. The highest BCUT2D eigenvalue weighted by Crippen LogP contribution is 2.29. The molecule has 1 fully saturated rings. The molecule has 2 aromatic rings. The number of hydrogen-bond donors (Lipinski definition) is 1. The molecule has 0 radical (unpaired) electrons. The summed E-state index contributed by atoms with van der Waals surface area (Å²) < 4.78 is 48.2. The minimum absolute atomic E-state index is 0.0632. The van der Waals surface area contributed by atoms with Gasteiger partial charge in [0.05, 0.1) is 42.6 Å². The molecule has 184 valence electrons. The van der Waals surface area contributed by atoms with Gasteiger partial charge in [0.2, 0.25) is 10.0 Å². The van der Waals surface area contributed by atoms with Crippen LogP contribution in [0.15, 0.2) is 47.4 Å². The monoisotopic (exact) mass is 492 g/mol. The summed E-state index contributed by atoms with van der Waals surface area (Å²) in [4.78, 5) is 24.7. The lowest BCUT2D eigenvalue weighted by Crippen LogP contribution is -2.48. The van der Waals surface area contributed by atoms with E-state index in [1.54, 1.807) is 18.2 Å². The zero-order valence-electron chi connectivity index (χ0n) is 19.4. The van der Waals surface area contributed by atoms with E-state index in [0.717, 1.165) is 0 Å². The van der Waals surface area contributed by atoms with E-state index in [-0.39, 0.29) is 35.8 Å². The normalized spacial score (nSPS) is 18.7. The van der Waals surface area contributed by atoms with Gasteiger partial charge in [0.25, 0.3) is 5.91 Å². The number of benzene rings is 2. The van der Waals surface area contributed by atoms with Gasteiger partial charge in [-0.1, -0.05) is 0 Å². The average Bonchev–Trinajstić information content (AvgIpc) is 2.82. The topological polar surface area (TPSA) is 120 Å². The summed E-state index contributed by atoms with van der Waals surface area (Å²) in [5.74, 6) is -0.398. The van der Waals surface area contributed by atoms with Crippen molar-refractivity contribution in [1.29, 1.82) is 0 Å². The van der Waals surface area contributed by atoms with Gasteiger partial charge in [0.15, 0.2) is 6.61 Å². The SMILES string of the molecule is COc1ccc(OC)c(NC(=O)COC(=O)c2ccc(S(=O)(=O)N3CC(C)OC(C)C3)cc2)c1. The molecule has 0 saturated carbocycles. The highest BCUT2D eigenvalue weighted by atomic mass is 32.2. The highest BCUT2D eigenvalue weighted by molar-refractivity contribution is 7.89. The molecule has 1 amide bonds. The number of morpholine rings is 1. The van der Waals surface area contributed by atoms with Crippen molar-refractivity contribution in [2.75, 3.05) is 39.2 Å². The molecule has 1 aliphatic rings. The van der Waals surface area contributed by atoms with Crippen LogP contribution in [0, 0.1) is 0 Å². The van der Waals surface area contributed by atoms with E-state index >= 15 is 0 Å². The van der Waals surface area contributed by atoms with Crippen LogP contribution in [0.25, 0.3) is 0 Å². The third kappa shape index (κ3) is 6.04. The Morgan fingerprint density at radius 3 is 2.26 bits per heavy atom. The largest absolute Gasteiger partial charge is 0.497 e. The summed E-state index contributed by atoms with van der Waals surface area (Å²) >= 11 is 0. The lowest BCUT2D eigenvalue weighted by Gasteiger charge is -2.34. The molecule has 2 atom stereocenters. The molecule has 3 rings (SSSR count). The number of sulfonamides is 1. The number of amides is 1. The zero-order valence-corrected chi connectivity index (χ0v) is 20.3. The number of nitrogens with one attached hydrogen (secondary N) is 1. The predicted molar refractivity (Wildman–Crippen MR) is 124 cm³/mol. The van der Waals surface area contributed by atoms with Crippen LogP contribution in [0.3, 0.4) is 0 Å². The van der Waals surface area contributed by atoms with E-state index < -0.39 is 28.5 Å². The van der Waals surface area contributed by atoms with Crippen molar-refractivity contribution < 1.29 is 37.0 Å². The maximum atomic E-state index is 12.9. The van der Waals surface area contributed by atoms with E-state index in [4.69, 9.17) is 18.9 Å². The fraction of sp³-hybridized carbons (Fsp3) is 0.391. The summed E-state index contributed by atoms with van der Waals surface area (Å²) in [6.07, 6.45) is -0.424. The maximum absolute atomic E-state index is 12.9. The zero-order chi connectivity index (χ0) is 24.9. The Morgan fingerprint density at radius 1 is 1.03 bits per heavy atom. The van der Waals surface area contributed by atoms with E-state index in [2.05, 4.69) is 5.32 Å². The lowest BCUT2D eigenvalue weighted by atomic mass is 10.2. The minimum atomic E-state index is -3.73. The van der Waals surface area contributed by atoms with Crippen molar-refractivity contribution in [1.82, 2.24) is 4.31 Å². The second-order valence-electron chi connectivity index (χ2n) is 7.79. The molecule has 0 bridgehead atoms. The number of esters is 1. The fourth-order valence-electron chi connectivity index (χ4n) is 3.55. The molecule has 2 unspecified atom stereocenters. The van der Waals surface area contributed by atoms with Crippen LogP contribution in [0.4, 0.5) is 5.69 Å². The number of carbonyl (C=O) groups is 2. The van der Waals surface area contributed by atoms with Crippen molar-refractivity contribution in [3.63, 3.8) is 0 Å². The molecule has 10 nitrogen and oxygen atoms in total. The average molecular weight is 493 g/mol. The third-order valence-corrected chi connectivity index (χ3v) is 6.97. The summed E-state index contributed by atoms with van der Waals surface area (Å²) in [5.41, 5.74) is 0.485. The quantitative estimate of drug-likeness (QED) is 0.558. The van der Waals surface area contributed by atoms with Gasteiger partial charge in [-0.3, -0.25) is 4.79 Å². The molecule has 1 saturated heterocycles. The van der Waals surface area contributed by atoms with Gasteiger partial charge in [-0.15, -0.1) is 0 Å². The molecule has 0 spiro atoms. The number of hydrogen-bond acceptors (Lipinski definition) is 8. The Bertz CT molecular complexity index is 1120. The van der Waals surface area contributed by atoms with Gasteiger partial charge in [0, 0.05) is 19.2 Å². The van der Waals surface area contributed by atoms with Gasteiger partial charge < -0.3 is 24.3 Å². The van der Waals surface area contributed by atoms with Crippen molar-refractivity contribution in [2.45, 2.75) is 31.0 Å². The number of ether oxygens (including phenoxy) is 4. The minimum Gasteiger partial charge on any atom is -0.497 e. The first kappa shape index (κ1) is 25.5. The van der Waals surface area contributed by atoms with Crippen molar-refractivity contribution in [3.8, 4) is 11.5 Å². The van der Waals surface area contributed by atoms with Crippen LogP contribution in [-0.4, -0.2) is 70.7 Å². The standard InChI is InChI=1S/C23H28N2O8S/c1-15-12-25(13-16(2)33-15)34(28,29)19-8-5-17(6-9-19)23(27)32-14-22(26)24-20-11-18(30-3)7-10-21(20)31-4/h5-11,15-16H,12-14H2,1-4H3,(H,24,26). The van der Waals surface area contributed by atoms with Crippen molar-refractivity contribution in [2.24, 2.45) is 0 Å².